The molecule has 0 aliphatic heterocycles. The van der Waals surface area contributed by atoms with E-state index in [0.29, 0.717) is 6.07 Å². The van der Waals surface area contributed by atoms with Gasteiger partial charge in [-0.2, -0.15) is 26.3 Å². The van der Waals surface area contributed by atoms with Crippen LogP contribution in [0.2, 0.25) is 0 Å². The van der Waals surface area contributed by atoms with Crippen LogP contribution >= 0.6 is 0 Å². The summed E-state index contributed by atoms with van der Waals surface area (Å²) in [5.41, 5.74) is 6.42. The number of halogens is 6. The Labute approximate surface area is 110 Å². The van der Waals surface area contributed by atoms with E-state index in [0.717, 1.165) is 12.1 Å². The van der Waals surface area contributed by atoms with Gasteiger partial charge >= 0.3 is 12.4 Å². The fourth-order valence-electron chi connectivity index (χ4n) is 1.69. The van der Waals surface area contributed by atoms with Crippen molar-refractivity contribution in [2.75, 3.05) is 5.73 Å². The van der Waals surface area contributed by atoms with Crippen LogP contribution in [0.5, 0.6) is 0 Å². The van der Waals surface area contributed by atoms with Gasteiger partial charge in [-0.25, -0.2) is 0 Å². The minimum absolute atomic E-state index is 0.0527. The van der Waals surface area contributed by atoms with E-state index in [9.17, 15) is 26.3 Å². The molecular weight excluding hydrogens is 288 g/mol. The number of hydrazine groups is 1. The van der Waals surface area contributed by atoms with Gasteiger partial charge in [0.25, 0.3) is 0 Å². The molecule has 1 unspecified atom stereocenters. The fourth-order valence-corrected chi connectivity index (χ4v) is 1.69. The van der Waals surface area contributed by atoms with Crippen molar-refractivity contribution in [1.29, 1.82) is 0 Å². The zero-order valence-corrected chi connectivity index (χ0v) is 10.1. The lowest BCUT2D eigenvalue weighted by Gasteiger charge is -2.20. The first-order chi connectivity index (χ1) is 9.04. The second kappa shape index (κ2) is 5.88. The molecule has 0 saturated heterocycles. The van der Waals surface area contributed by atoms with Gasteiger partial charge in [-0.1, -0.05) is 0 Å². The molecule has 20 heavy (non-hydrogen) atoms. The Morgan fingerprint density at radius 2 is 1.70 bits per heavy atom. The number of nitrogens with one attached hydrogen (secondary N) is 1. The highest BCUT2D eigenvalue weighted by Gasteiger charge is 2.33. The molecule has 1 rings (SSSR count). The molecule has 1 aromatic rings. The third-order valence-electron chi connectivity index (χ3n) is 2.71. The SMILES string of the molecule is NNC(CCC(F)(F)F)c1cc(C(F)(F)F)ccc1N. The van der Waals surface area contributed by atoms with E-state index in [-0.39, 0.29) is 11.3 Å². The summed E-state index contributed by atoms with van der Waals surface area (Å²) in [7, 11) is 0. The lowest BCUT2D eigenvalue weighted by Crippen LogP contribution is -2.30. The molecule has 5 N–H and O–H groups in total. The van der Waals surface area contributed by atoms with Gasteiger partial charge < -0.3 is 5.73 Å². The third-order valence-corrected chi connectivity index (χ3v) is 2.71. The maximum atomic E-state index is 12.6. The van der Waals surface area contributed by atoms with Crippen molar-refractivity contribution in [1.82, 2.24) is 5.43 Å². The molecule has 0 saturated carbocycles. The molecule has 3 nitrogen and oxygen atoms in total. The molecular formula is C11H13F6N3. The summed E-state index contributed by atoms with van der Waals surface area (Å²) in [5.74, 6) is 5.11. The van der Waals surface area contributed by atoms with Crippen LogP contribution in [0.3, 0.4) is 0 Å². The number of hydrogen-bond acceptors (Lipinski definition) is 3. The third kappa shape index (κ3) is 4.57. The molecule has 1 aromatic carbocycles. The fraction of sp³-hybridized carbons (Fsp3) is 0.455. The maximum Gasteiger partial charge on any atom is 0.416 e. The minimum atomic E-state index is -4.61. The quantitative estimate of drug-likeness (QED) is 0.346. The summed E-state index contributed by atoms with van der Waals surface area (Å²) in [4.78, 5) is 0. The summed E-state index contributed by atoms with van der Waals surface area (Å²) in [6, 6.07) is 1.35. The normalized spacial score (nSPS) is 14.3. The van der Waals surface area contributed by atoms with Crippen molar-refractivity contribution in [2.24, 2.45) is 5.84 Å². The zero-order valence-electron chi connectivity index (χ0n) is 10.1. The predicted octanol–water partition coefficient (Wildman–Crippen LogP) is 3.13. The monoisotopic (exact) mass is 301 g/mol. The van der Waals surface area contributed by atoms with E-state index in [1.165, 1.54) is 0 Å². The van der Waals surface area contributed by atoms with Crippen LogP contribution in [0.4, 0.5) is 32.0 Å². The highest BCUT2D eigenvalue weighted by atomic mass is 19.4. The molecule has 0 aromatic heterocycles. The average molecular weight is 301 g/mol. The van der Waals surface area contributed by atoms with Crippen LogP contribution in [0, 0.1) is 0 Å². The number of nitrogens with two attached hydrogens (primary N) is 2. The lowest BCUT2D eigenvalue weighted by atomic mass is 9.98. The summed E-state index contributed by atoms with van der Waals surface area (Å²) >= 11 is 0. The van der Waals surface area contributed by atoms with E-state index in [2.05, 4.69) is 5.43 Å². The van der Waals surface area contributed by atoms with Crippen LogP contribution in [-0.2, 0) is 6.18 Å². The Bertz CT molecular complexity index is 454. The second-order valence-corrected chi connectivity index (χ2v) is 4.21. The molecule has 1 atom stereocenters. The Kier molecular flexibility index (Phi) is 4.87. The minimum Gasteiger partial charge on any atom is -0.398 e. The van der Waals surface area contributed by atoms with Crippen LogP contribution < -0.4 is 17.0 Å². The smallest absolute Gasteiger partial charge is 0.398 e. The molecule has 0 spiro atoms. The largest absolute Gasteiger partial charge is 0.416 e. The Balaban J connectivity index is 3.02. The number of alkyl halides is 6. The second-order valence-electron chi connectivity index (χ2n) is 4.21. The topological polar surface area (TPSA) is 64.1 Å². The van der Waals surface area contributed by atoms with Gasteiger partial charge in [0.2, 0.25) is 0 Å². The van der Waals surface area contributed by atoms with Crippen LogP contribution in [0.25, 0.3) is 0 Å². The summed E-state index contributed by atoms with van der Waals surface area (Å²) < 4.78 is 74.2. The van der Waals surface area contributed by atoms with Crippen molar-refractivity contribution < 1.29 is 26.3 Å². The van der Waals surface area contributed by atoms with Crippen molar-refractivity contribution in [3.05, 3.63) is 29.3 Å². The molecule has 0 bridgehead atoms. The highest BCUT2D eigenvalue weighted by molar-refractivity contribution is 5.50. The number of hydrogen-bond donors (Lipinski definition) is 3. The van der Waals surface area contributed by atoms with E-state index >= 15 is 0 Å². The predicted molar refractivity (Wildman–Crippen MR) is 61.2 cm³/mol. The van der Waals surface area contributed by atoms with Gasteiger partial charge in [0, 0.05) is 18.2 Å². The highest BCUT2D eigenvalue weighted by Crippen LogP contribution is 2.35. The molecule has 0 fully saturated rings. The first-order valence-corrected chi connectivity index (χ1v) is 5.54. The van der Waals surface area contributed by atoms with E-state index in [1.807, 2.05) is 0 Å². The van der Waals surface area contributed by atoms with Crippen molar-refractivity contribution in [3.8, 4) is 0 Å². The molecule has 0 radical (unpaired) electrons. The molecule has 0 aliphatic rings. The maximum absolute atomic E-state index is 12.6. The van der Waals surface area contributed by atoms with Crippen LogP contribution in [-0.4, -0.2) is 6.18 Å². The van der Waals surface area contributed by atoms with Gasteiger partial charge in [0.1, 0.15) is 0 Å². The van der Waals surface area contributed by atoms with Gasteiger partial charge in [-0.15, -0.1) is 0 Å². The van der Waals surface area contributed by atoms with E-state index in [4.69, 9.17) is 11.6 Å². The molecule has 9 heteroatoms. The Morgan fingerprint density at radius 3 is 2.15 bits per heavy atom. The van der Waals surface area contributed by atoms with Crippen molar-refractivity contribution in [3.63, 3.8) is 0 Å². The van der Waals surface area contributed by atoms with Gasteiger partial charge in [-0.05, 0) is 30.2 Å². The molecule has 0 aliphatic carbocycles. The summed E-state index contributed by atoms with van der Waals surface area (Å²) in [6.45, 7) is 0. The Hall–Kier alpha value is -1.48. The van der Waals surface area contributed by atoms with E-state index < -0.39 is 36.8 Å². The number of nitrogen functional groups attached to an aromatic ring is 1. The van der Waals surface area contributed by atoms with Crippen molar-refractivity contribution >= 4 is 5.69 Å². The average Bonchev–Trinajstić information content (AvgIpc) is 2.29. The number of anilines is 1. The van der Waals surface area contributed by atoms with Crippen LogP contribution in [0.15, 0.2) is 18.2 Å². The zero-order chi connectivity index (χ0) is 15.6. The van der Waals surface area contributed by atoms with Gasteiger partial charge in [0.05, 0.1) is 5.56 Å². The summed E-state index contributed by atoms with van der Waals surface area (Å²) in [5, 5.41) is 0. The summed E-state index contributed by atoms with van der Waals surface area (Å²) in [6.07, 6.45) is -10.7. The molecule has 114 valence electrons. The standard InChI is InChI=1S/C11H13F6N3/c12-10(13,14)4-3-9(20-19)7-5-6(11(15,16)17)1-2-8(7)18/h1-2,5,9,20H,3-4,18-19H2. The Morgan fingerprint density at radius 1 is 1.10 bits per heavy atom. The number of rotatable bonds is 4. The van der Waals surface area contributed by atoms with E-state index in [1.54, 1.807) is 0 Å². The van der Waals surface area contributed by atoms with Gasteiger partial charge in [0.15, 0.2) is 0 Å². The molecule has 0 amide bonds. The van der Waals surface area contributed by atoms with Crippen LogP contribution in [0.1, 0.15) is 30.0 Å². The number of benzene rings is 1. The first-order valence-electron chi connectivity index (χ1n) is 5.54. The molecule has 0 heterocycles. The first kappa shape index (κ1) is 16.6. The van der Waals surface area contributed by atoms with Crippen molar-refractivity contribution in [2.45, 2.75) is 31.2 Å². The van der Waals surface area contributed by atoms with Gasteiger partial charge in [-0.3, -0.25) is 11.3 Å². The lowest BCUT2D eigenvalue weighted by molar-refractivity contribution is -0.138.